The molecular weight excluding hydrogens is 274 g/mol. The number of carboxylic acids is 1. The number of hydrogen-bond acceptors (Lipinski definition) is 4. The molecule has 21 heavy (non-hydrogen) atoms. The van der Waals surface area contributed by atoms with E-state index in [0.717, 1.165) is 0 Å². The fourth-order valence-corrected chi connectivity index (χ4v) is 1.85. The molecule has 0 fully saturated rings. The van der Waals surface area contributed by atoms with Crippen molar-refractivity contribution in [2.24, 2.45) is 0 Å². The van der Waals surface area contributed by atoms with Gasteiger partial charge in [0.05, 0.1) is 0 Å². The van der Waals surface area contributed by atoms with Gasteiger partial charge in [-0.25, -0.2) is 4.79 Å². The minimum absolute atomic E-state index is 0.0354. The van der Waals surface area contributed by atoms with Crippen LogP contribution in [0.5, 0.6) is 5.75 Å². The van der Waals surface area contributed by atoms with Gasteiger partial charge in [-0.2, -0.15) is 5.10 Å². The van der Waals surface area contributed by atoms with E-state index >= 15 is 0 Å². The summed E-state index contributed by atoms with van der Waals surface area (Å²) >= 11 is 0. The maximum Gasteiger partial charge on any atom is 0.326 e. The number of aromatic nitrogens is 2. The molecule has 1 aromatic heterocycles. The Morgan fingerprint density at radius 1 is 1.29 bits per heavy atom. The molecule has 1 atom stereocenters. The van der Waals surface area contributed by atoms with Gasteiger partial charge in [0.15, 0.2) is 0 Å². The zero-order chi connectivity index (χ0) is 15.2. The standard InChI is InChI=1S/C14H15N3O4/c18-11-4-2-10(3-5-11)8-12(14(20)21)16-13(19)9-17-7-1-6-15-17/h1-7,12,18H,8-9H2,(H,16,19)(H,20,21)/t12-/m1/s1. The van der Waals surface area contributed by atoms with Crippen LogP contribution in [0.2, 0.25) is 0 Å². The summed E-state index contributed by atoms with van der Waals surface area (Å²) in [7, 11) is 0. The maximum absolute atomic E-state index is 11.8. The van der Waals surface area contributed by atoms with E-state index in [2.05, 4.69) is 10.4 Å². The average molecular weight is 289 g/mol. The Morgan fingerprint density at radius 2 is 2.00 bits per heavy atom. The van der Waals surface area contributed by atoms with Crippen LogP contribution in [0, 0.1) is 0 Å². The third kappa shape index (κ3) is 4.34. The second kappa shape index (κ2) is 6.56. The van der Waals surface area contributed by atoms with Crippen molar-refractivity contribution < 1.29 is 19.8 Å². The van der Waals surface area contributed by atoms with Gasteiger partial charge in [-0.05, 0) is 23.8 Å². The maximum atomic E-state index is 11.8. The van der Waals surface area contributed by atoms with Crippen molar-refractivity contribution in [3.8, 4) is 5.75 Å². The first-order valence-electron chi connectivity index (χ1n) is 6.32. The quantitative estimate of drug-likeness (QED) is 0.714. The van der Waals surface area contributed by atoms with Gasteiger partial charge in [0, 0.05) is 18.8 Å². The normalized spacial score (nSPS) is 11.8. The van der Waals surface area contributed by atoms with Crippen molar-refractivity contribution in [2.75, 3.05) is 0 Å². The van der Waals surface area contributed by atoms with Gasteiger partial charge in [-0.15, -0.1) is 0 Å². The summed E-state index contributed by atoms with van der Waals surface area (Å²) in [5, 5.41) is 24.7. The molecule has 0 bridgehead atoms. The Labute approximate surface area is 120 Å². The Balaban J connectivity index is 1.97. The smallest absolute Gasteiger partial charge is 0.326 e. The number of phenols is 1. The van der Waals surface area contributed by atoms with Gasteiger partial charge < -0.3 is 15.5 Å². The molecule has 7 nitrogen and oxygen atoms in total. The molecule has 0 spiro atoms. The van der Waals surface area contributed by atoms with Gasteiger partial charge in [0.2, 0.25) is 5.91 Å². The lowest BCUT2D eigenvalue weighted by atomic mass is 10.1. The number of benzene rings is 1. The number of aliphatic carboxylic acids is 1. The minimum Gasteiger partial charge on any atom is -0.508 e. The van der Waals surface area contributed by atoms with Gasteiger partial charge in [-0.1, -0.05) is 12.1 Å². The van der Waals surface area contributed by atoms with Gasteiger partial charge in [-0.3, -0.25) is 9.48 Å². The molecule has 0 aliphatic carbocycles. The summed E-state index contributed by atoms with van der Waals surface area (Å²) in [6.07, 6.45) is 3.30. The van der Waals surface area contributed by atoms with E-state index in [9.17, 15) is 19.8 Å². The molecule has 0 aliphatic rings. The van der Waals surface area contributed by atoms with Crippen LogP contribution in [0.15, 0.2) is 42.7 Å². The van der Waals surface area contributed by atoms with Crippen LogP contribution in [0.3, 0.4) is 0 Å². The molecule has 1 amide bonds. The van der Waals surface area contributed by atoms with Crippen molar-refractivity contribution >= 4 is 11.9 Å². The van der Waals surface area contributed by atoms with Crippen molar-refractivity contribution in [2.45, 2.75) is 19.0 Å². The van der Waals surface area contributed by atoms with Gasteiger partial charge >= 0.3 is 5.97 Å². The summed E-state index contributed by atoms with van der Waals surface area (Å²) in [5.74, 6) is -1.44. The zero-order valence-corrected chi connectivity index (χ0v) is 11.1. The summed E-state index contributed by atoms with van der Waals surface area (Å²) in [4.78, 5) is 23.0. The van der Waals surface area contributed by atoms with E-state index in [0.29, 0.717) is 5.56 Å². The molecule has 2 rings (SSSR count). The Hall–Kier alpha value is -2.83. The van der Waals surface area contributed by atoms with Gasteiger partial charge in [0.1, 0.15) is 18.3 Å². The van der Waals surface area contributed by atoms with Crippen LogP contribution in [0.1, 0.15) is 5.56 Å². The summed E-state index contributed by atoms with van der Waals surface area (Å²) in [6.45, 7) is -0.0354. The van der Waals surface area contributed by atoms with Crippen LogP contribution in [0.25, 0.3) is 0 Å². The van der Waals surface area contributed by atoms with Crippen LogP contribution in [-0.4, -0.2) is 37.9 Å². The van der Waals surface area contributed by atoms with Crippen molar-refractivity contribution in [1.29, 1.82) is 0 Å². The van der Waals surface area contributed by atoms with E-state index in [1.807, 2.05) is 0 Å². The summed E-state index contributed by atoms with van der Waals surface area (Å²) in [6, 6.07) is 6.83. The van der Waals surface area contributed by atoms with E-state index in [-0.39, 0.29) is 18.7 Å². The average Bonchev–Trinajstić information content (AvgIpc) is 2.93. The van der Waals surface area contributed by atoms with Gasteiger partial charge in [0.25, 0.3) is 0 Å². The highest BCUT2D eigenvalue weighted by molar-refractivity contribution is 5.83. The summed E-state index contributed by atoms with van der Waals surface area (Å²) < 4.78 is 1.41. The molecule has 0 radical (unpaired) electrons. The van der Waals surface area contributed by atoms with E-state index < -0.39 is 17.9 Å². The molecular formula is C14H15N3O4. The van der Waals surface area contributed by atoms with Crippen molar-refractivity contribution in [3.63, 3.8) is 0 Å². The highest BCUT2D eigenvalue weighted by Gasteiger charge is 2.20. The fourth-order valence-electron chi connectivity index (χ4n) is 1.85. The number of carboxylic acid groups (broad SMARTS) is 1. The second-order valence-corrected chi connectivity index (χ2v) is 4.53. The monoisotopic (exact) mass is 289 g/mol. The van der Waals surface area contributed by atoms with E-state index in [1.54, 1.807) is 30.6 Å². The summed E-state index contributed by atoms with van der Waals surface area (Å²) in [5.41, 5.74) is 0.708. The van der Waals surface area contributed by atoms with Crippen LogP contribution < -0.4 is 5.32 Å². The minimum atomic E-state index is -1.11. The number of amides is 1. The highest BCUT2D eigenvalue weighted by Crippen LogP contribution is 2.11. The number of hydrogen-bond donors (Lipinski definition) is 3. The third-order valence-electron chi connectivity index (χ3n) is 2.87. The molecule has 7 heteroatoms. The van der Waals surface area contributed by atoms with E-state index in [4.69, 9.17) is 0 Å². The molecule has 0 saturated heterocycles. The molecule has 1 heterocycles. The highest BCUT2D eigenvalue weighted by atomic mass is 16.4. The zero-order valence-electron chi connectivity index (χ0n) is 11.1. The number of nitrogens with zero attached hydrogens (tertiary/aromatic N) is 2. The Kier molecular flexibility index (Phi) is 4.55. The number of rotatable bonds is 6. The fraction of sp³-hybridized carbons (Fsp3) is 0.214. The first kappa shape index (κ1) is 14.6. The molecule has 0 unspecified atom stereocenters. The molecule has 0 aliphatic heterocycles. The van der Waals surface area contributed by atoms with Crippen LogP contribution in [0.4, 0.5) is 0 Å². The topological polar surface area (TPSA) is 104 Å². The van der Waals surface area contributed by atoms with Crippen molar-refractivity contribution in [1.82, 2.24) is 15.1 Å². The second-order valence-electron chi connectivity index (χ2n) is 4.53. The lowest BCUT2D eigenvalue weighted by molar-refractivity contribution is -0.141. The lowest BCUT2D eigenvalue weighted by Gasteiger charge is -2.14. The lowest BCUT2D eigenvalue weighted by Crippen LogP contribution is -2.43. The predicted molar refractivity (Wildman–Crippen MR) is 73.6 cm³/mol. The molecule has 0 saturated carbocycles. The number of nitrogens with one attached hydrogen (secondary N) is 1. The van der Waals surface area contributed by atoms with E-state index in [1.165, 1.54) is 16.8 Å². The first-order valence-corrected chi connectivity index (χ1v) is 6.32. The third-order valence-corrected chi connectivity index (χ3v) is 2.87. The number of phenolic OH excluding ortho intramolecular Hbond substituents is 1. The number of carbonyl (C=O) groups excluding carboxylic acids is 1. The SMILES string of the molecule is O=C(Cn1cccn1)N[C@H](Cc1ccc(O)cc1)C(=O)O. The first-order chi connectivity index (χ1) is 10.0. The predicted octanol–water partition coefficient (Wildman–Crippen LogP) is 0.401. The number of aromatic hydroxyl groups is 1. The van der Waals surface area contributed by atoms with Crippen LogP contribution >= 0.6 is 0 Å². The molecule has 110 valence electrons. The molecule has 1 aromatic carbocycles. The number of carbonyl (C=O) groups is 2. The Bertz CT molecular complexity index is 608. The Morgan fingerprint density at radius 3 is 2.57 bits per heavy atom. The van der Waals surface area contributed by atoms with Crippen LogP contribution in [-0.2, 0) is 22.6 Å². The van der Waals surface area contributed by atoms with Crippen molar-refractivity contribution in [3.05, 3.63) is 48.3 Å². The molecule has 3 N–H and O–H groups in total. The largest absolute Gasteiger partial charge is 0.508 e. The molecule has 2 aromatic rings.